The van der Waals surface area contributed by atoms with Crippen LogP contribution in [0, 0.1) is 43.4 Å². The Morgan fingerprint density at radius 3 is 2.06 bits per heavy atom. The molecule has 18 heavy (non-hydrogen) atoms. The van der Waals surface area contributed by atoms with Gasteiger partial charge in [-0.2, -0.15) is 0 Å². The van der Waals surface area contributed by atoms with Crippen molar-refractivity contribution in [3.05, 3.63) is 61.4 Å². The smallest absolute Gasteiger partial charge is 0.0558 e. The molecule has 0 aromatic heterocycles. The molecule has 0 N–H and O–H groups in total. The second-order valence-electron chi connectivity index (χ2n) is 5.16. The summed E-state index contributed by atoms with van der Waals surface area (Å²) in [5, 5.41) is 0. The van der Waals surface area contributed by atoms with Crippen molar-refractivity contribution in [2.75, 3.05) is 0 Å². The molecule has 0 heterocycles. The van der Waals surface area contributed by atoms with E-state index in [1.807, 2.05) is 37.4 Å². The van der Waals surface area contributed by atoms with Gasteiger partial charge < -0.3 is 0 Å². The van der Waals surface area contributed by atoms with E-state index in [1.165, 1.54) is 4.90 Å². The zero-order valence-corrected chi connectivity index (χ0v) is 11.8. The molecule has 2 rings (SSSR count). The number of hydrogen-bond donors (Lipinski definition) is 0. The summed E-state index contributed by atoms with van der Waals surface area (Å²) in [6.45, 7) is 6.67. The third kappa shape index (κ3) is 4.42. The Labute approximate surface area is 116 Å². The van der Waals surface area contributed by atoms with Crippen LogP contribution in [0.25, 0.3) is 0 Å². The number of hydrogen-bond acceptors (Lipinski definition) is 1. The predicted octanol–water partition coefficient (Wildman–Crippen LogP) is 4.33. The van der Waals surface area contributed by atoms with Crippen LogP contribution in [0.3, 0.4) is 0 Å². The van der Waals surface area contributed by atoms with Crippen molar-refractivity contribution in [3.63, 3.8) is 0 Å². The quantitative estimate of drug-likeness (QED) is 0.530. The molecule has 1 aromatic carbocycles. The Balaban J connectivity index is 1.99. The standard InChI is InChI=1S/C17H17S/c1-17(2,3)18-16-12-10-15(11-13-16)9-8-14-6-4-5-7-14/h4-7,10-13H,1-3H3. The summed E-state index contributed by atoms with van der Waals surface area (Å²) in [4.78, 5) is 1.29. The third-order valence-electron chi connectivity index (χ3n) is 2.29. The second-order valence-corrected chi connectivity index (χ2v) is 7.06. The first-order valence-corrected chi connectivity index (χ1v) is 6.87. The van der Waals surface area contributed by atoms with E-state index in [-0.39, 0.29) is 4.75 Å². The molecule has 0 aliphatic heterocycles. The van der Waals surface area contributed by atoms with E-state index in [2.05, 4.69) is 56.9 Å². The van der Waals surface area contributed by atoms with Crippen LogP contribution in [0.4, 0.5) is 0 Å². The normalized spacial score (nSPS) is 16.4. The lowest BCUT2D eigenvalue weighted by molar-refractivity contribution is 0.803. The number of benzene rings is 1. The van der Waals surface area contributed by atoms with Gasteiger partial charge in [-0.1, -0.05) is 32.6 Å². The van der Waals surface area contributed by atoms with E-state index in [1.54, 1.807) is 0 Å². The van der Waals surface area contributed by atoms with Crippen molar-refractivity contribution < 1.29 is 0 Å². The lowest BCUT2D eigenvalue weighted by Gasteiger charge is -2.17. The van der Waals surface area contributed by atoms with Gasteiger partial charge in [-0.15, -0.1) is 11.8 Å². The van der Waals surface area contributed by atoms with E-state index >= 15 is 0 Å². The average molecular weight is 253 g/mol. The minimum Gasteiger partial charge on any atom is -0.120 e. The predicted molar refractivity (Wildman–Crippen MR) is 79.4 cm³/mol. The highest BCUT2D eigenvalue weighted by atomic mass is 32.2. The first kappa shape index (κ1) is 13.6. The molecule has 0 atom stereocenters. The molecule has 1 fully saturated rings. The van der Waals surface area contributed by atoms with E-state index < -0.39 is 0 Å². The van der Waals surface area contributed by atoms with Crippen LogP contribution in [0.5, 0.6) is 0 Å². The number of rotatable bonds is 1. The largest absolute Gasteiger partial charge is 0.120 e. The van der Waals surface area contributed by atoms with Crippen molar-refractivity contribution in [2.24, 2.45) is 0 Å². The topological polar surface area (TPSA) is 0 Å². The fourth-order valence-corrected chi connectivity index (χ4v) is 2.54. The Morgan fingerprint density at radius 1 is 0.889 bits per heavy atom. The zero-order valence-electron chi connectivity index (χ0n) is 11.0. The van der Waals surface area contributed by atoms with E-state index in [0.717, 1.165) is 11.5 Å². The van der Waals surface area contributed by atoms with Gasteiger partial charge in [0.2, 0.25) is 0 Å². The summed E-state index contributed by atoms with van der Waals surface area (Å²) in [5.41, 5.74) is 1.06. The van der Waals surface area contributed by atoms with Gasteiger partial charge in [-0.3, -0.25) is 0 Å². The SMILES string of the molecule is CC(C)(C)Sc1ccc(C#C[C]2[CH][CH][CH][CH]2)cc1. The Morgan fingerprint density at radius 2 is 1.50 bits per heavy atom. The van der Waals surface area contributed by atoms with Gasteiger partial charge in [-0.25, -0.2) is 0 Å². The van der Waals surface area contributed by atoms with Gasteiger partial charge in [0.05, 0.1) is 5.92 Å². The van der Waals surface area contributed by atoms with Crippen molar-refractivity contribution >= 4 is 11.8 Å². The lowest BCUT2D eigenvalue weighted by atomic mass is 10.1. The molecule has 5 radical (unpaired) electrons. The Hall–Kier alpha value is -0.870. The molecule has 0 unspecified atom stereocenters. The molecule has 91 valence electrons. The summed E-state index contributed by atoms with van der Waals surface area (Å²) in [6.07, 6.45) is 8.06. The van der Waals surface area contributed by atoms with Gasteiger partial charge in [0.1, 0.15) is 0 Å². The monoisotopic (exact) mass is 253 g/mol. The second kappa shape index (κ2) is 5.85. The lowest BCUT2D eigenvalue weighted by Crippen LogP contribution is -2.06. The van der Waals surface area contributed by atoms with Crippen molar-refractivity contribution in [1.29, 1.82) is 0 Å². The Kier molecular flexibility index (Phi) is 4.40. The fraction of sp³-hybridized carbons (Fsp3) is 0.235. The summed E-state index contributed by atoms with van der Waals surface area (Å²) in [7, 11) is 0. The van der Waals surface area contributed by atoms with E-state index in [0.29, 0.717) is 0 Å². The summed E-state index contributed by atoms with van der Waals surface area (Å²) >= 11 is 1.88. The van der Waals surface area contributed by atoms with E-state index in [4.69, 9.17) is 0 Å². The van der Waals surface area contributed by atoms with Crippen molar-refractivity contribution in [2.45, 2.75) is 30.4 Å². The first-order valence-electron chi connectivity index (χ1n) is 6.06. The van der Waals surface area contributed by atoms with Crippen LogP contribution in [-0.4, -0.2) is 4.75 Å². The highest BCUT2D eigenvalue weighted by molar-refractivity contribution is 8.00. The van der Waals surface area contributed by atoms with Gasteiger partial charge >= 0.3 is 0 Å². The molecular formula is C17H17S. The molecule has 1 aliphatic carbocycles. The molecule has 1 aromatic rings. The maximum absolute atomic E-state index is 3.18. The minimum atomic E-state index is 0.252. The van der Waals surface area contributed by atoms with Crippen LogP contribution in [-0.2, 0) is 0 Å². The minimum absolute atomic E-state index is 0.252. The molecule has 1 saturated carbocycles. The van der Waals surface area contributed by atoms with Gasteiger partial charge in [-0.05, 0) is 49.9 Å². The molecule has 1 heteroatoms. The summed E-state index contributed by atoms with van der Waals surface area (Å²) in [6, 6.07) is 8.46. The number of thioether (sulfide) groups is 1. The third-order valence-corrected chi connectivity index (χ3v) is 3.41. The first-order chi connectivity index (χ1) is 8.53. The summed E-state index contributed by atoms with van der Waals surface area (Å²) in [5.74, 6) is 7.40. The summed E-state index contributed by atoms with van der Waals surface area (Å²) < 4.78 is 0.252. The van der Waals surface area contributed by atoms with Gasteiger partial charge in [0.15, 0.2) is 0 Å². The molecule has 0 bridgehead atoms. The van der Waals surface area contributed by atoms with Crippen LogP contribution in [0.15, 0.2) is 29.2 Å². The maximum Gasteiger partial charge on any atom is 0.0558 e. The van der Waals surface area contributed by atoms with Crippen molar-refractivity contribution in [3.8, 4) is 11.8 Å². The van der Waals surface area contributed by atoms with Crippen LogP contribution >= 0.6 is 11.8 Å². The highest BCUT2D eigenvalue weighted by Crippen LogP contribution is 2.31. The van der Waals surface area contributed by atoms with Crippen LogP contribution < -0.4 is 0 Å². The molecule has 0 saturated heterocycles. The maximum atomic E-state index is 3.18. The van der Waals surface area contributed by atoms with Crippen molar-refractivity contribution in [1.82, 2.24) is 0 Å². The fourth-order valence-electron chi connectivity index (χ4n) is 1.56. The molecule has 0 nitrogen and oxygen atoms in total. The molecule has 0 amide bonds. The van der Waals surface area contributed by atoms with Crippen LogP contribution in [0.2, 0.25) is 0 Å². The average Bonchev–Trinajstić information content (AvgIpc) is 2.79. The Bertz CT molecular complexity index is 433. The zero-order chi connectivity index (χ0) is 13.0. The van der Waals surface area contributed by atoms with E-state index in [9.17, 15) is 0 Å². The van der Waals surface area contributed by atoms with Gasteiger partial charge in [0, 0.05) is 15.2 Å². The van der Waals surface area contributed by atoms with Crippen LogP contribution in [0.1, 0.15) is 26.3 Å². The highest BCUT2D eigenvalue weighted by Gasteiger charge is 2.14. The molecular weight excluding hydrogens is 236 g/mol. The molecule has 1 aliphatic rings. The van der Waals surface area contributed by atoms with Gasteiger partial charge in [0.25, 0.3) is 0 Å². The molecule has 0 spiro atoms.